The zero-order valence-corrected chi connectivity index (χ0v) is 22.3. The quantitative estimate of drug-likeness (QED) is 0.0824. The van der Waals surface area contributed by atoms with E-state index in [0.29, 0.717) is 0 Å². The minimum absolute atomic E-state index is 0.431. The van der Waals surface area contributed by atoms with Crippen molar-refractivity contribution in [1.82, 2.24) is 5.06 Å². The Labute approximate surface area is 240 Å². The van der Waals surface area contributed by atoms with E-state index in [2.05, 4.69) is 8.47 Å². The van der Waals surface area contributed by atoms with E-state index in [1.165, 1.54) is 0 Å². The van der Waals surface area contributed by atoms with Crippen molar-refractivity contribution in [3.63, 3.8) is 0 Å². The molecular formula is C21H7F10N2O10S2+. The average Bonchev–Trinajstić information content (AvgIpc) is 3.51. The van der Waals surface area contributed by atoms with Gasteiger partial charge in [0, 0.05) is 9.67 Å². The highest BCUT2D eigenvalue weighted by atomic mass is 32.2. The molecule has 242 valence electrons. The molecule has 0 aromatic heterocycles. The summed E-state index contributed by atoms with van der Waals surface area (Å²) in [6.07, 6.45) is -2.69. The van der Waals surface area contributed by atoms with E-state index in [1.807, 2.05) is 0 Å². The number of fused-ring (bicyclic) bond motifs is 3. The van der Waals surface area contributed by atoms with Crippen molar-refractivity contribution in [2.75, 3.05) is 6.54 Å². The number of hydrogen-bond donors (Lipinski definition) is 0. The van der Waals surface area contributed by atoms with E-state index in [9.17, 15) is 80.0 Å². The zero-order chi connectivity index (χ0) is 33.8. The Bertz CT molecular complexity index is 1950. The van der Waals surface area contributed by atoms with Crippen LogP contribution in [-0.4, -0.2) is 57.0 Å². The first-order valence-electron chi connectivity index (χ1n) is 11.4. The lowest BCUT2D eigenvalue weighted by atomic mass is 9.90. The summed E-state index contributed by atoms with van der Waals surface area (Å²) in [4.78, 5) is 46.1. The highest BCUT2D eigenvalue weighted by Crippen LogP contribution is 2.51. The number of ketones is 1. The predicted octanol–water partition coefficient (Wildman–Crippen LogP) is 1.64. The number of imide groups is 1. The molecule has 2 aliphatic heterocycles. The SMILES string of the molecule is O=C1C2C(=O)N(OS(=O)(=O)c3c(F)c(F)c(F)c(F)c3F)C(=O)C2C2C[N+](=O)C(OS(=O)(=O)c3c(F)c(F)c(F)c(F)c3F)C12. The molecule has 24 heteroatoms. The second-order valence-corrected chi connectivity index (χ2v) is 12.4. The number of rotatable bonds is 6. The van der Waals surface area contributed by atoms with Crippen LogP contribution in [0.15, 0.2) is 9.79 Å². The topological polar surface area (TPSA) is 161 Å². The maximum Gasteiger partial charge on any atom is 0.329 e. The molecule has 0 radical (unpaired) electrons. The van der Waals surface area contributed by atoms with Gasteiger partial charge in [0.2, 0.25) is 11.6 Å². The van der Waals surface area contributed by atoms with Crippen LogP contribution in [-0.2, 0) is 43.1 Å². The average molecular weight is 701 g/mol. The van der Waals surface area contributed by atoms with Gasteiger partial charge >= 0.3 is 26.5 Å². The normalized spacial score (nSPS) is 25.0. The van der Waals surface area contributed by atoms with Gasteiger partial charge in [-0.1, -0.05) is 0 Å². The van der Waals surface area contributed by atoms with Gasteiger partial charge in [-0.05, 0) is 0 Å². The van der Waals surface area contributed by atoms with E-state index in [-0.39, 0.29) is 0 Å². The number of amides is 2. The summed E-state index contributed by atoms with van der Waals surface area (Å²) < 4.78 is 195. The summed E-state index contributed by atoms with van der Waals surface area (Å²) in [5.74, 6) is -42.1. The molecule has 45 heavy (non-hydrogen) atoms. The number of carbonyl (C=O) groups is 3. The second-order valence-electron chi connectivity index (χ2n) is 9.43. The van der Waals surface area contributed by atoms with Crippen molar-refractivity contribution >= 4 is 37.8 Å². The van der Waals surface area contributed by atoms with Gasteiger partial charge in [0.05, 0.1) is 11.8 Å². The summed E-state index contributed by atoms with van der Waals surface area (Å²) in [5.41, 5.74) is 0. The lowest BCUT2D eigenvalue weighted by molar-refractivity contribution is -0.603. The fourth-order valence-electron chi connectivity index (χ4n) is 5.21. The molecule has 2 amide bonds. The molecule has 1 saturated carbocycles. The van der Waals surface area contributed by atoms with Gasteiger partial charge in [0.15, 0.2) is 68.7 Å². The Balaban J connectivity index is 1.45. The number of nitrogens with zero attached hydrogens (tertiary/aromatic N) is 2. The van der Waals surface area contributed by atoms with E-state index in [4.69, 9.17) is 0 Å². The van der Waals surface area contributed by atoms with Crippen molar-refractivity contribution in [1.29, 1.82) is 0 Å². The number of hydroxylamine groups is 2. The lowest BCUT2D eigenvalue weighted by Crippen LogP contribution is -2.40. The third kappa shape index (κ3) is 4.44. The first kappa shape index (κ1) is 32.4. The summed E-state index contributed by atoms with van der Waals surface area (Å²) >= 11 is 0. The first-order chi connectivity index (χ1) is 20.7. The molecule has 0 spiro atoms. The molecule has 0 bridgehead atoms. The van der Waals surface area contributed by atoms with Crippen molar-refractivity contribution in [3.8, 4) is 0 Å². The summed E-state index contributed by atoms with van der Waals surface area (Å²) in [5, 5.41) is -0.786. The Morgan fingerprint density at radius 2 is 1.00 bits per heavy atom. The van der Waals surface area contributed by atoms with Gasteiger partial charge in [-0.25, -0.2) is 43.9 Å². The van der Waals surface area contributed by atoms with Crippen LogP contribution < -0.4 is 0 Å². The zero-order valence-electron chi connectivity index (χ0n) is 20.7. The number of nitroso groups, excluding NO2 is 1. The largest absolute Gasteiger partial charge is 0.329 e. The number of Topliss-reactive ketones (excluding diaryl/α,β-unsaturated/α-hetero) is 1. The van der Waals surface area contributed by atoms with Crippen LogP contribution in [0.25, 0.3) is 0 Å². The Hall–Kier alpha value is -4.03. The molecule has 3 aliphatic rings. The van der Waals surface area contributed by atoms with Crippen LogP contribution in [0.5, 0.6) is 0 Å². The number of carbonyl (C=O) groups excluding carboxylic acids is 3. The van der Waals surface area contributed by atoms with Gasteiger partial charge in [0.1, 0.15) is 11.8 Å². The maximum absolute atomic E-state index is 14.1. The standard InChI is InChI=1S/C21H7F10N2O10S2/c22-6-8(24)12(28)17(13(29)9(6)25)44(38,39)42-21-4-2(1-32(21)37)3-5(16(4)34)20(36)33(19(3)35)43-45(40,41)18-14(30)10(26)7(23)11(27)15(18)31/h2-5,21H,1H2/q+1. The smallest absolute Gasteiger partial charge is 0.298 e. The van der Waals surface area contributed by atoms with E-state index < -0.39 is 152 Å². The summed E-state index contributed by atoms with van der Waals surface area (Å²) in [7, 11) is -12.4. The van der Waals surface area contributed by atoms with Crippen molar-refractivity contribution in [2.45, 2.75) is 16.0 Å². The second kappa shape index (κ2) is 10.2. The van der Waals surface area contributed by atoms with Crippen LogP contribution in [0, 0.1) is 86.8 Å². The van der Waals surface area contributed by atoms with Gasteiger partial charge in [-0.2, -0.15) is 21.0 Å². The molecule has 3 fully saturated rings. The monoisotopic (exact) mass is 701 g/mol. The summed E-state index contributed by atoms with van der Waals surface area (Å²) in [6, 6.07) is 0. The molecule has 2 aromatic rings. The van der Waals surface area contributed by atoms with Crippen LogP contribution in [0.2, 0.25) is 0 Å². The molecule has 2 heterocycles. The molecule has 12 nitrogen and oxygen atoms in total. The molecule has 2 aromatic carbocycles. The van der Waals surface area contributed by atoms with E-state index in [1.54, 1.807) is 0 Å². The van der Waals surface area contributed by atoms with E-state index >= 15 is 0 Å². The third-order valence-corrected chi connectivity index (χ3v) is 9.60. The minimum atomic E-state index is -6.26. The van der Waals surface area contributed by atoms with Crippen LogP contribution in [0.1, 0.15) is 0 Å². The highest BCUT2D eigenvalue weighted by molar-refractivity contribution is 7.87. The van der Waals surface area contributed by atoms with Gasteiger partial charge < -0.3 is 0 Å². The molecule has 5 unspecified atom stereocenters. The molecule has 5 atom stereocenters. The van der Waals surface area contributed by atoms with Crippen LogP contribution in [0.4, 0.5) is 43.9 Å². The Kier molecular flexibility index (Phi) is 7.37. The Morgan fingerprint density at radius 3 is 1.44 bits per heavy atom. The van der Waals surface area contributed by atoms with Crippen molar-refractivity contribution in [3.05, 3.63) is 63.1 Å². The number of benzene rings is 2. The van der Waals surface area contributed by atoms with Gasteiger partial charge in [-0.15, -0.1) is 9.35 Å². The van der Waals surface area contributed by atoms with Crippen LogP contribution in [0.3, 0.4) is 0 Å². The maximum atomic E-state index is 14.1. The Morgan fingerprint density at radius 1 is 0.600 bits per heavy atom. The predicted molar refractivity (Wildman–Crippen MR) is 112 cm³/mol. The van der Waals surface area contributed by atoms with E-state index in [0.717, 1.165) is 0 Å². The minimum Gasteiger partial charge on any atom is -0.298 e. The number of hydrogen-bond acceptors (Lipinski definition) is 10. The molecule has 2 saturated heterocycles. The highest BCUT2D eigenvalue weighted by Gasteiger charge is 2.73. The fraction of sp³-hybridized carbons (Fsp3) is 0.286. The third-order valence-electron chi connectivity index (χ3n) is 7.09. The molecule has 0 N–H and O–H groups in total. The number of halogens is 10. The van der Waals surface area contributed by atoms with Crippen molar-refractivity contribution in [2.24, 2.45) is 23.7 Å². The van der Waals surface area contributed by atoms with Gasteiger partial charge in [-0.3, -0.25) is 14.4 Å². The molecule has 5 rings (SSSR count). The lowest BCUT2D eigenvalue weighted by Gasteiger charge is -2.18. The van der Waals surface area contributed by atoms with Gasteiger partial charge in [0.25, 0.3) is 11.8 Å². The van der Waals surface area contributed by atoms with Crippen LogP contribution >= 0.6 is 0 Å². The first-order valence-corrected chi connectivity index (χ1v) is 14.2. The molecular weight excluding hydrogens is 694 g/mol. The molecule has 1 aliphatic carbocycles. The van der Waals surface area contributed by atoms with Crippen molar-refractivity contribution < 1.29 is 88.4 Å². The summed E-state index contributed by atoms with van der Waals surface area (Å²) in [6.45, 7) is -1.13. The fourth-order valence-corrected chi connectivity index (χ4v) is 7.44.